The van der Waals surface area contributed by atoms with Gasteiger partial charge in [-0.3, -0.25) is 0 Å². The van der Waals surface area contributed by atoms with Gasteiger partial charge in [0.1, 0.15) is 11.8 Å². The number of nitriles is 1. The van der Waals surface area contributed by atoms with Gasteiger partial charge in [0.15, 0.2) is 6.61 Å². The van der Waals surface area contributed by atoms with E-state index in [2.05, 4.69) is 12.2 Å². The van der Waals surface area contributed by atoms with Crippen LogP contribution in [0.4, 0.5) is 5.69 Å². The molecule has 0 radical (unpaired) electrons. The highest BCUT2D eigenvalue weighted by atomic mass is 35.5. The summed E-state index contributed by atoms with van der Waals surface area (Å²) in [6.45, 7) is 2.15. The van der Waals surface area contributed by atoms with Crippen LogP contribution < -0.4 is 10.1 Å². The lowest BCUT2D eigenvalue weighted by Crippen LogP contribution is -2.06. The largest absolute Gasteiger partial charge is 0.479 e. The van der Waals surface area contributed by atoms with Crippen LogP contribution in [0.3, 0.4) is 0 Å². The SMILES string of the molecule is CC(Nc1ccc(Cl)cc1)c1ccc(OCC#N)cc1. The quantitative estimate of drug-likeness (QED) is 0.885. The Morgan fingerprint density at radius 2 is 1.80 bits per heavy atom. The van der Waals surface area contributed by atoms with Crippen molar-refractivity contribution in [3.8, 4) is 11.8 Å². The van der Waals surface area contributed by atoms with E-state index in [1.165, 1.54) is 0 Å². The molecule has 0 saturated carbocycles. The van der Waals surface area contributed by atoms with Crippen molar-refractivity contribution in [2.24, 2.45) is 0 Å². The maximum Gasteiger partial charge on any atom is 0.174 e. The monoisotopic (exact) mass is 286 g/mol. The topological polar surface area (TPSA) is 45.0 Å². The van der Waals surface area contributed by atoms with E-state index in [-0.39, 0.29) is 12.6 Å². The average molecular weight is 287 g/mol. The van der Waals surface area contributed by atoms with Crippen LogP contribution in [0.15, 0.2) is 48.5 Å². The second-order valence-corrected chi connectivity index (χ2v) is 4.83. The lowest BCUT2D eigenvalue weighted by atomic mass is 10.1. The first-order valence-electron chi connectivity index (χ1n) is 6.31. The number of benzene rings is 2. The Balaban J connectivity index is 2.00. The minimum atomic E-state index is 0.0674. The molecule has 0 amide bonds. The van der Waals surface area contributed by atoms with Crippen LogP contribution in [0.5, 0.6) is 5.75 Å². The Kier molecular flexibility index (Phi) is 4.86. The van der Waals surface area contributed by atoms with Crippen LogP contribution >= 0.6 is 11.6 Å². The zero-order chi connectivity index (χ0) is 14.4. The van der Waals surface area contributed by atoms with Crippen molar-refractivity contribution in [3.05, 3.63) is 59.1 Å². The number of anilines is 1. The van der Waals surface area contributed by atoms with Gasteiger partial charge in [-0.25, -0.2) is 0 Å². The predicted octanol–water partition coefficient (Wildman–Crippen LogP) is 4.42. The van der Waals surface area contributed by atoms with Gasteiger partial charge < -0.3 is 10.1 Å². The van der Waals surface area contributed by atoms with Crippen molar-refractivity contribution in [2.75, 3.05) is 11.9 Å². The Hall–Kier alpha value is -2.18. The molecule has 0 spiro atoms. The minimum Gasteiger partial charge on any atom is -0.479 e. The van der Waals surface area contributed by atoms with Gasteiger partial charge in [0.05, 0.1) is 0 Å². The minimum absolute atomic E-state index is 0.0674. The standard InChI is InChI=1S/C16H15ClN2O/c1-12(19-15-6-4-14(17)5-7-15)13-2-8-16(9-3-13)20-11-10-18/h2-9,12,19H,11H2,1H3. The summed E-state index contributed by atoms with van der Waals surface area (Å²) in [5, 5.41) is 12.6. The summed E-state index contributed by atoms with van der Waals surface area (Å²) in [7, 11) is 0. The summed E-state index contributed by atoms with van der Waals surface area (Å²) in [6, 6.07) is 17.4. The Bertz CT molecular complexity index is 587. The first-order chi connectivity index (χ1) is 9.69. The fourth-order valence-corrected chi connectivity index (χ4v) is 1.97. The molecule has 0 aromatic heterocycles. The molecule has 1 atom stereocenters. The summed E-state index contributed by atoms with van der Waals surface area (Å²) >= 11 is 5.86. The molecule has 0 bridgehead atoms. The summed E-state index contributed by atoms with van der Waals surface area (Å²) < 4.78 is 5.23. The lowest BCUT2D eigenvalue weighted by molar-refractivity contribution is 0.368. The molecule has 0 heterocycles. The molecule has 0 aliphatic heterocycles. The van der Waals surface area contributed by atoms with Crippen molar-refractivity contribution in [1.82, 2.24) is 0 Å². The van der Waals surface area contributed by atoms with E-state index in [1.807, 2.05) is 54.6 Å². The molecular weight excluding hydrogens is 272 g/mol. The molecule has 2 aromatic carbocycles. The van der Waals surface area contributed by atoms with Crippen molar-refractivity contribution in [1.29, 1.82) is 5.26 Å². The molecule has 0 saturated heterocycles. The van der Waals surface area contributed by atoms with E-state index in [0.29, 0.717) is 5.75 Å². The van der Waals surface area contributed by atoms with Gasteiger partial charge in [0, 0.05) is 16.8 Å². The van der Waals surface area contributed by atoms with Gasteiger partial charge >= 0.3 is 0 Å². The number of halogens is 1. The molecule has 2 aromatic rings. The third-order valence-corrected chi connectivity index (χ3v) is 3.16. The maximum atomic E-state index is 8.46. The van der Waals surface area contributed by atoms with E-state index in [4.69, 9.17) is 21.6 Å². The summed E-state index contributed by atoms with van der Waals surface area (Å²) in [5.74, 6) is 0.703. The molecule has 4 heteroatoms. The molecule has 0 aliphatic rings. The van der Waals surface area contributed by atoms with Gasteiger partial charge in [-0.2, -0.15) is 5.26 Å². The van der Waals surface area contributed by atoms with E-state index in [1.54, 1.807) is 0 Å². The molecule has 20 heavy (non-hydrogen) atoms. The second kappa shape index (κ2) is 6.83. The number of hydrogen-bond acceptors (Lipinski definition) is 3. The summed E-state index contributed by atoms with van der Waals surface area (Å²) in [5.41, 5.74) is 2.16. The Morgan fingerprint density at radius 1 is 1.15 bits per heavy atom. The first kappa shape index (κ1) is 14.2. The van der Waals surface area contributed by atoms with Gasteiger partial charge in [-0.05, 0) is 48.9 Å². The molecule has 3 nitrogen and oxygen atoms in total. The van der Waals surface area contributed by atoms with Gasteiger partial charge in [-0.15, -0.1) is 0 Å². The fraction of sp³-hybridized carbons (Fsp3) is 0.188. The summed E-state index contributed by atoms with van der Waals surface area (Å²) in [4.78, 5) is 0. The van der Waals surface area contributed by atoms with Crippen LogP contribution in [0, 0.1) is 11.3 Å². The van der Waals surface area contributed by atoms with Crippen LogP contribution in [0.2, 0.25) is 5.02 Å². The van der Waals surface area contributed by atoms with E-state index in [9.17, 15) is 0 Å². The molecule has 102 valence electrons. The highest BCUT2D eigenvalue weighted by Gasteiger charge is 2.05. The van der Waals surface area contributed by atoms with Crippen LogP contribution in [-0.4, -0.2) is 6.61 Å². The first-order valence-corrected chi connectivity index (χ1v) is 6.68. The highest BCUT2D eigenvalue weighted by Crippen LogP contribution is 2.22. The van der Waals surface area contributed by atoms with Crippen molar-refractivity contribution in [2.45, 2.75) is 13.0 Å². The molecule has 2 rings (SSSR count). The lowest BCUT2D eigenvalue weighted by Gasteiger charge is -2.16. The Morgan fingerprint density at radius 3 is 2.40 bits per heavy atom. The number of nitrogens with one attached hydrogen (secondary N) is 1. The third-order valence-electron chi connectivity index (χ3n) is 2.91. The average Bonchev–Trinajstić information content (AvgIpc) is 2.48. The van der Waals surface area contributed by atoms with E-state index >= 15 is 0 Å². The summed E-state index contributed by atoms with van der Waals surface area (Å²) in [6.07, 6.45) is 0. The number of hydrogen-bond donors (Lipinski definition) is 1. The molecular formula is C16H15ClN2O. The van der Waals surface area contributed by atoms with E-state index < -0.39 is 0 Å². The molecule has 0 aliphatic carbocycles. The van der Waals surface area contributed by atoms with Crippen LogP contribution in [0.1, 0.15) is 18.5 Å². The van der Waals surface area contributed by atoms with Crippen LogP contribution in [0.25, 0.3) is 0 Å². The molecule has 0 fully saturated rings. The maximum absolute atomic E-state index is 8.46. The van der Waals surface area contributed by atoms with Gasteiger partial charge in [0.25, 0.3) is 0 Å². The Labute approximate surface area is 123 Å². The predicted molar refractivity (Wildman–Crippen MR) is 81.0 cm³/mol. The number of nitrogens with zero attached hydrogens (tertiary/aromatic N) is 1. The molecule has 1 unspecified atom stereocenters. The number of ether oxygens (including phenoxy) is 1. The highest BCUT2D eigenvalue weighted by molar-refractivity contribution is 6.30. The smallest absolute Gasteiger partial charge is 0.174 e. The normalized spacial score (nSPS) is 11.4. The third kappa shape index (κ3) is 3.91. The van der Waals surface area contributed by atoms with Crippen LogP contribution in [-0.2, 0) is 0 Å². The molecule has 1 N–H and O–H groups in total. The van der Waals surface area contributed by atoms with Gasteiger partial charge in [0.2, 0.25) is 0 Å². The zero-order valence-corrected chi connectivity index (χ0v) is 11.9. The van der Waals surface area contributed by atoms with Crippen molar-refractivity contribution >= 4 is 17.3 Å². The van der Waals surface area contributed by atoms with Crippen molar-refractivity contribution < 1.29 is 4.74 Å². The van der Waals surface area contributed by atoms with Crippen molar-refractivity contribution in [3.63, 3.8) is 0 Å². The zero-order valence-electron chi connectivity index (χ0n) is 11.1. The fourth-order valence-electron chi connectivity index (χ4n) is 1.85. The van der Waals surface area contributed by atoms with Gasteiger partial charge in [-0.1, -0.05) is 23.7 Å². The number of rotatable bonds is 5. The second-order valence-electron chi connectivity index (χ2n) is 4.39. The van der Waals surface area contributed by atoms with E-state index in [0.717, 1.165) is 16.3 Å².